The minimum atomic E-state index is -0.376. The van der Waals surface area contributed by atoms with Crippen LogP contribution < -0.4 is 10.9 Å². The van der Waals surface area contributed by atoms with Gasteiger partial charge >= 0.3 is 0 Å². The number of nitrogens with zero attached hydrogens (tertiary/aromatic N) is 1. The van der Waals surface area contributed by atoms with Gasteiger partial charge in [-0.1, -0.05) is 18.2 Å². The Bertz CT molecular complexity index is 667. The quantitative estimate of drug-likeness (QED) is 0.896. The van der Waals surface area contributed by atoms with Crippen LogP contribution in [0, 0.1) is 13.8 Å². The van der Waals surface area contributed by atoms with Gasteiger partial charge in [-0.3, -0.25) is 9.59 Å². The summed E-state index contributed by atoms with van der Waals surface area (Å²) < 4.78 is 1.39. The predicted molar refractivity (Wildman–Crippen MR) is 75.6 cm³/mol. The molecular formula is C15H16N2O2. The molecule has 1 amide bonds. The molecule has 0 bridgehead atoms. The first-order valence-corrected chi connectivity index (χ1v) is 6.04. The number of carbonyl (C=O) groups is 1. The summed E-state index contributed by atoms with van der Waals surface area (Å²) >= 11 is 0. The van der Waals surface area contributed by atoms with Gasteiger partial charge in [-0.15, -0.1) is 0 Å². The minimum Gasteiger partial charge on any atom is -0.321 e. The summed E-state index contributed by atoms with van der Waals surface area (Å²) in [6.45, 7) is 3.84. The number of hydrogen-bond acceptors (Lipinski definition) is 2. The van der Waals surface area contributed by atoms with E-state index >= 15 is 0 Å². The Balaban J connectivity index is 2.37. The zero-order valence-electron chi connectivity index (χ0n) is 11.2. The van der Waals surface area contributed by atoms with Crippen LogP contribution in [-0.4, -0.2) is 10.5 Å². The van der Waals surface area contributed by atoms with Gasteiger partial charge in [0.2, 0.25) is 0 Å². The lowest BCUT2D eigenvalue weighted by molar-refractivity contribution is 0.102. The lowest BCUT2D eigenvalue weighted by atomic mass is 10.1. The lowest BCUT2D eigenvalue weighted by Gasteiger charge is -2.11. The van der Waals surface area contributed by atoms with Crippen LogP contribution in [0.1, 0.15) is 21.5 Å². The second kappa shape index (κ2) is 5.10. The molecule has 4 nitrogen and oxygen atoms in total. The topological polar surface area (TPSA) is 51.1 Å². The number of carbonyl (C=O) groups excluding carboxylic acids is 1. The summed E-state index contributed by atoms with van der Waals surface area (Å²) in [5.74, 6) is -0.376. The molecule has 2 aromatic rings. The van der Waals surface area contributed by atoms with Gasteiger partial charge < -0.3 is 9.88 Å². The fraction of sp³-hybridized carbons (Fsp3) is 0.200. The third kappa shape index (κ3) is 2.57. The van der Waals surface area contributed by atoms with E-state index in [1.165, 1.54) is 10.6 Å². The molecule has 4 heteroatoms. The number of amides is 1. The van der Waals surface area contributed by atoms with Crippen molar-refractivity contribution in [2.75, 3.05) is 5.32 Å². The Morgan fingerprint density at radius 1 is 1.11 bits per heavy atom. The van der Waals surface area contributed by atoms with Gasteiger partial charge in [0.15, 0.2) is 0 Å². The number of anilines is 1. The normalized spacial score (nSPS) is 10.3. The van der Waals surface area contributed by atoms with Crippen molar-refractivity contribution in [3.63, 3.8) is 0 Å². The van der Waals surface area contributed by atoms with Crippen molar-refractivity contribution in [3.8, 4) is 0 Å². The Morgan fingerprint density at radius 2 is 1.74 bits per heavy atom. The van der Waals surface area contributed by atoms with E-state index in [1.807, 2.05) is 32.0 Å². The molecule has 0 atom stereocenters. The summed E-state index contributed by atoms with van der Waals surface area (Å²) in [4.78, 5) is 24.0. The zero-order valence-corrected chi connectivity index (χ0v) is 11.2. The second-order valence-corrected chi connectivity index (χ2v) is 4.56. The van der Waals surface area contributed by atoms with E-state index < -0.39 is 0 Å². The van der Waals surface area contributed by atoms with Crippen molar-refractivity contribution in [1.29, 1.82) is 0 Å². The highest BCUT2D eigenvalue weighted by Crippen LogP contribution is 2.19. The number of pyridine rings is 1. The first kappa shape index (κ1) is 13.1. The number of nitrogens with one attached hydrogen (secondary N) is 1. The van der Waals surface area contributed by atoms with Gasteiger partial charge in [0, 0.05) is 18.9 Å². The average molecular weight is 256 g/mol. The van der Waals surface area contributed by atoms with E-state index in [0.29, 0.717) is 0 Å². The van der Waals surface area contributed by atoms with Gasteiger partial charge in [-0.25, -0.2) is 0 Å². The monoisotopic (exact) mass is 256 g/mol. The number of para-hydroxylation sites is 1. The summed E-state index contributed by atoms with van der Waals surface area (Å²) in [6.07, 6.45) is 1.62. The number of rotatable bonds is 2. The zero-order chi connectivity index (χ0) is 14.0. The maximum Gasteiger partial charge on any atom is 0.263 e. The number of aryl methyl sites for hydroxylation is 3. The smallest absolute Gasteiger partial charge is 0.263 e. The molecule has 0 saturated carbocycles. The molecule has 98 valence electrons. The first-order chi connectivity index (χ1) is 9.00. The van der Waals surface area contributed by atoms with Gasteiger partial charge in [0.1, 0.15) is 5.56 Å². The van der Waals surface area contributed by atoms with Gasteiger partial charge in [0.05, 0.1) is 0 Å². The standard InChI is InChI=1S/C15H16N2O2/c1-10-6-4-7-11(2)13(10)16-14(18)12-8-5-9-17(3)15(12)19/h4-9H,1-3H3,(H,16,18). The highest BCUT2D eigenvalue weighted by atomic mass is 16.2. The molecule has 0 radical (unpaired) electrons. The minimum absolute atomic E-state index is 0.146. The number of hydrogen-bond donors (Lipinski definition) is 1. The summed E-state index contributed by atoms with van der Waals surface area (Å²) in [5.41, 5.74) is 2.56. The first-order valence-electron chi connectivity index (χ1n) is 6.04. The Kier molecular flexibility index (Phi) is 3.51. The average Bonchev–Trinajstić information content (AvgIpc) is 2.37. The van der Waals surface area contributed by atoms with E-state index in [0.717, 1.165) is 16.8 Å². The fourth-order valence-corrected chi connectivity index (χ4v) is 1.96. The maximum atomic E-state index is 12.2. The second-order valence-electron chi connectivity index (χ2n) is 4.56. The third-order valence-electron chi connectivity index (χ3n) is 3.09. The largest absolute Gasteiger partial charge is 0.321 e. The number of benzene rings is 1. The van der Waals surface area contributed by atoms with E-state index in [2.05, 4.69) is 5.32 Å². The fourth-order valence-electron chi connectivity index (χ4n) is 1.96. The van der Waals surface area contributed by atoms with Crippen molar-refractivity contribution < 1.29 is 4.79 Å². The van der Waals surface area contributed by atoms with Crippen molar-refractivity contribution in [2.45, 2.75) is 13.8 Å². The van der Waals surface area contributed by atoms with Crippen LogP contribution in [0.25, 0.3) is 0 Å². The maximum absolute atomic E-state index is 12.2. The van der Waals surface area contributed by atoms with Crippen molar-refractivity contribution in [1.82, 2.24) is 4.57 Å². The molecule has 0 saturated heterocycles. The van der Waals surface area contributed by atoms with Gasteiger partial charge in [-0.2, -0.15) is 0 Å². The molecule has 0 unspecified atom stereocenters. The summed E-state index contributed by atoms with van der Waals surface area (Å²) in [5, 5.41) is 2.81. The van der Waals surface area contributed by atoms with E-state index in [9.17, 15) is 9.59 Å². The Morgan fingerprint density at radius 3 is 2.37 bits per heavy atom. The van der Waals surface area contributed by atoms with Crippen molar-refractivity contribution in [2.24, 2.45) is 7.05 Å². The van der Waals surface area contributed by atoms with Crippen LogP contribution in [0.2, 0.25) is 0 Å². The molecule has 1 N–H and O–H groups in total. The van der Waals surface area contributed by atoms with Crippen molar-refractivity contribution >= 4 is 11.6 Å². The highest BCUT2D eigenvalue weighted by Gasteiger charge is 2.13. The third-order valence-corrected chi connectivity index (χ3v) is 3.09. The van der Waals surface area contributed by atoms with Crippen LogP contribution in [0.4, 0.5) is 5.69 Å². The van der Waals surface area contributed by atoms with E-state index in [-0.39, 0.29) is 17.0 Å². The molecule has 0 fully saturated rings. The Hall–Kier alpha value is -2.36. The SMILES string of the molecule is Cc1cccc(C)c1NC(=O)c1cccn(C)c1=O. The van der Waals surface area contributed by atoms with Crippen LogP contribution in [0.3, 0.4) is 0 Å². The molecule has 19 heavy (non-hydrogen) atoms. The molecule has 0 aliphatic rings. The van der Waals surface area contributed by atoms with E-state index in [1.54, 1.807) is 19.3 Å². The molecule has 1 aromatic carbocycles. The van der Waals surface area contributed by atoms with E-state index in [4.69, 9.17) is 0 Å². The van der Waals surface area contributed by atoms with Crippen molar-refractivity contribution in [3.05, 3.63) is 63.6 Å². The molecular weight excluding hydrogens is 240 g/mol. The highest BCUT2D eigenvalue weighted by molar-refractivity contribution is 6.04. The van der Waals surface area contributed by atoms with Gasteiger partial charge in [-0.05, 0) is 37.1 Å². The molecule has 1 aromatic heterocycles. The van der Waals surface area contributed by atoms with Crippen LogP contribution >= 0.6 is 0 Å². The molecule has 1 heterocycles. The van der Waals surface area contributed by atoms with Gasteiger partial charge in [0.25, 0.3) is 11.5 Å². The lowest BCUT2D eigenvalue weighted by Crippen LogP contribution is -2.27. The van der Waals surface area contributed by atoms with Crippen LogP contribution in [0.5, 0.6) is 0 Å². The summed E-state index contributed by atoms with van der Waals surface area (Å²) in [6, 6.07) is 8.99. The summed E-state index contributed by atoms with van der Waals surface area (Å²) in [7, 11) is 1.62. The molecule has 2 rings (SSSR count). The van der Waals surface area contributed by atoms with Crippen LogP contribution in [0.15, 0.2) is 41.3 Å². The molecule has 0 spiro atoms. The molecule has 0 aliphatic carbocycles. The number of aromatic nitrogens is 1. The van der Waals surface area contributed by atoms with Crippen LogP contribution in [-0.2, 0) is 7.05 Å². The molecule has 0 aliphatic heterocycles. The Labute approximate surface area is 111 Å². The predicted octanol–water partition coefficient (Wildman–Crippen LogP) is 2.25.